The normalized spacial score (nSPS) is 25.8. The molecule has 0 amide bonds. The van der Waals surface area contributed by atoms with Crippen LogP contribution in [0.15, 0.2) is 134 Å². The van der Waals surface area contributed by atoms with Gasteiger partial charge in [-0.25, -0.2) is 0 Å². The van der Waals surface area contributed by atoms with Gasteiger partial charge in [-0.2, -0.15) is 0 Å². The number of carbonyl (C=O) groups excluding carboxylic acids is 1. The van der Waals surface area contributed by atoms with Crippen molar-refractivity contribution in [3.05, 3.63) is 134 Å². The lowest BCUT2D eigenvalue weighted by molar-refractivity contribution is -0.256. The summed E-state index contributed by atoms with van der Waals surface area (Å²) in [6.07, 6.45) is 0.691. The Bertz CT molecular complexity index is 2040. The zero-order valence-corrected chi connectivity index (χ0v) is 41.8. The Morgan fingerprint density at radius 3 is 1.48 bits per heavy atom. The maximum Gasteiger partial charge on any atom is 0.311 e. The smallest absolute Gasteiger partial charge is 0.311 e. The first-order chi connectivity index (χ1) is 30.4. The van der Waals surface area contributed by atoms with Gasteiger partial charge in [0.1, 0.15) is 30.5 Å². The minimum atomic E-state index is -3.19. The SMILES string of the molecule is C=CC(C[C@H]1O[C@H]2[C@@H](O[Si](c3ccccc3)(c3ccccc3)C(C)(C)C)[C@H]3O[C@@H](CCOC(=O)C(C)(C)C)CC[C@@H]3O[C@H]2[C@H]1O[Si](c1ccccc1)(c1ccccc1)C(C)(C)C)OC. The van der Waals surface area contributed by atoms with Gasteiger partial charge in [0.25, 0.3) is 16.6 Å². The highest BCUT2D eigenvalue weighted by Gasteiger charge is 2.64. The second-order valence-electron chi connectivity index (χ2n) is 21.0. The van der Waals surface area contributed by atoms with Crippen molar-refractivity contribution in [1.82, 2.24) is 0 Å². The third-order valence-electron chi connectivity index (χ3n) is 13.6. The predicted molar refractivity (Wildman–Crippen MR) is 261 cm³/mol. The molecule has 3 aliphatic rings. The van der Waals surface area contributed by atoms with Gasteiger partial charge >= 0.3 is 5.97 Å². The largest absolute Gasteiger partial charge is 0.465 e. The van der Waals surface area contributed by atoms with Gasteiger partial charge in [0.05, 0.1) is 36.4 Å². The lowest BCUT2D eigenvalue weighted by Crippen LogP contribution is -2.73. The van der Waals surface area contributed by atoms with Crippen LogP contribution in [0.1, 0.15) is 88.0 Å². The molecule has 3 heterocycles. The van der Waals surface area contributed by atoms with E-state index in [9.17, 15) is 4.79 Å². The fourth-order valence-electron chi connectivity index (χ4n) is 10.4. The summed E-state index contributed by atoms with van der Waals surface area (Å²) in [5.41, 5.74) is -0.587. The zero-order valence-electron chi connectivity index (χ0n) is 39.8. The van der Waals surface area contributed by atoms with Crippen molar-refractivity contribution >= 4 is 43.4 Å². The summed E-state index contributed by atoms with van der Waals surface area (Å²) in [4.78, 5) is 12.8. The van der Waals surface area contributed by atoms with Crippen molar-refractivity contribution in [3.63, 3.8) is 0 Å². The number of fused-ring (bicyclic) bond motifs is 2. The van der Waals surface area contributed by atoms with E-state index in [0.717, 1.165) is 12.8 Å². The van der Waals surface area contributed by atoms with Crippen LogP contribution in [0.5, 0.6) is 0 Å². The van der Waals surface area contributed by atoms with Gasteiger partial charge in [-0.15, -0.1) is 6.58 Å². The topological polar surface area (TPSA) is 81.7 Å². The van der Waals surface area contributed by atoms with Crippen LogP contribution in [0.4, 0.5) is 0 Å². The highest BCUT2D eigenvalue weighted by atomic mass is 28.4. The number of methoxy groups -OCH3 is 1. The van der Waals surface area contributed by atoms with E-state index in [4.69, 9.17) is 32.5 Å². The van der Waals surface area contributed by atoms with Gasteiger partial charge in [0.15, 0.2) is 0 Å². The highest BCUT2D eigenvalue weighted by Crippen LogP contribution is 2.48. The Balaban J connectivity index is 1.38. The second kappa shape index (κ2) is 19.6. The van der Waals surface area contributed by atoms with Crippen LogP contribution in [0, 0.1) is 5.41 Å². The van der Waals surface area contributed by atoms with Gasteiger partial charge in [-0.3, -0.25) is 4.79 Å². The molecule has 0 spiro atoms. The Hall–Kier alpha value is -3.72. The maximum atomic E-state index is 12.8. The first-order valence-corrected chi connectivity index (χ1v) is 27.1. The Kier molecular flexibility index (Phi) is 14.8. The lowest BCUT2D eigenvalue weighted by atomic mass is 9.88. The molecule has 0 N–H and O–H groups in total. The van der Waals surface area contributed by atoms with Crippen LogP contribution in [-0.4, -0.2) is 91.3 Å². The number of carbonyl (C=O) groups is 1. The van der Waals surface area contributed by atoms with Crippen molar-refractivity contribution in [3.8, 4) is 0 Å². The highest BCUT2D eigenvalue weighted by molar-refractivity contribution is 7.00. The number of hydrogen-bond donors (Lipinski definition) is 0. The van der Waals surface area contributed by atoms with Crippen molar-refractivity contribution in [1.29, 1.82) is 0 Å². The van der Waals surface area contributed by atoms with Crippen molar-refractivity contribution < 1.29 is 37.3 Å². The molecule has 0 aromatic heterocycles. The van der Waals surface area contributed by atoms with Gasteiger partial charge in [-0.05, 0) is 64.4 Å². The molecular formula is C54H72O8Si2. The summed E-state index contributed by atoms with van der Waals surface area (Å²) in [6, 6.07) is 43.1. The Morgan fingerprint density at radius 1 is 0.641 bits per heavy atom. The molecule has 4 aromatic carbocycles. The predicted octanol–water partition coefficient (Wildman–Crippen LogP) is 8.53. The second-order valence-corrected chi connectivity index (χ2v) is 29.5. The van der Waals surface area contributed by atoms with E-state index in [1.165, 1.54) is 20.7 Å². The van der Waals surface area contributed by atoms with Crippen LogP contribution in [0.25, 0.3) is 0 Å². The molecule has 0 aliphatic carbocycles. The monoisotopic (exact) mass is 904 g/mol. The first kappa shape index (κ1) is 48.2. The molecule has 0 saturated carbocycles. The lowest BCUT2D eigenvalue weighted by Gasteiger charge is -2.53. The van der Waals surface area contributed by atoms with Crippen molar-refractivity contribution in [2.45, 2.75) is 153 Å². The number of benzene rings is 4. The number of ether oxygens (including phenoxy) is 5. The fourth-order valence-corrected chi connectivity index (χ4v) is 19.8. The molecule has 10 heteroatoms. The quantitative estimate of drug-likeness (QED) is 0.0668. The van der Waals surface area contributed by atoms with E-state index in [-0.39, 0.29) is 41.0 Å². The molecule has 3 aliphatic heterocycles. The number of esters is 1. The average molecular weight is 905 g/mol. The van der Waals surface area contributed by atoms with Crippen molar-refractivity contribution in [2.75, 3.05) is 13.7 Å². The molecule has 7 rings (SSSR count). The van der Waals surface area contributed by atoms with Gasteiger partial charge in [0, 0.05) is 20.0 Å². The van der Waals surface area contributed by atoms with Crippen LogP contribution in [0.3, 0.4) is 0 Å². The zero-order chi connectivity index (χ0) is 45.9. The molecule has 8 nitrogen and oxygen atoms in total. The molecule has 64 heavy (non-hydrogen) atoms. The molecule has 3 saturated heterocycles. The van der Waals surface area contributed by atoms with E-state index in [2.05, 4.69) is 169 Å². The molecular weight excluding hydrogens is 833 g/mol. The third kappa shape index (κ3) is 9.58. The van der Waals surface area contributed by atoms with Crippen LogP contribution in [-0.2, 0) is 37.3 Å². The summed E-state index contributed by atoms with van der Waals surface area (Å²) in [7, 11) is -4.60. The van der Waals surface area contributed by atoms with Crippen molar-refractivity contribution in [2.24, 2.45) is 5.41 Å². The first-order valence-electron chi connectivity index (χ1n) is 23.3. The summed E-state index contributed by atoms with van der Waals surface area (Å²) < 4.78 is 50.3. The molecule has 0 radical (unpaired) electrons. The molecule has 9 atom stereocenters. The summed E-state index contributed by atoms with van der Waals surface area (Å²) >= 11 is 0. The molecule has 0 bridgehead atoms. The molecule has 1 unspecified atom stereocenters. The molecule has 344 valence electrons. The standard InChI is InChI=1S/C54H72O8Si2/c1-12-38(56-11)37-45-47(61-63(53(5,6)7,40-25-17-13-18-26-40)41-27-19-14-20-28-41)48-49(60-45)50(46-44(59-48)34-33-39(58-46)35-36-57-51(55)52(2,3)4)62-64(54(8,9)10,42-29-21-15-22-30-42)43-31-23-16-24-32-43/h12-32,38-39,44-50H,1,33-37H2,2-11H3/t38?,39-,44+,45-,46+,47+,48+,49-,50+/m1/s1. The van der Waals surface area contributed by atoms with E-state index < -0.39 is 58.7 Å². The van der Waals surface area contributed by atoms with Crippen LogP contribution >= 0.6 is 0 Å². The van der Waals surface area contributed by atoms with E-state index >= 15 is 0 Å². The number of rotatable bonds is 15. The number of hydrogen-bond acceptors (Lipinski definition) is 8. The van der Waals surface area contributed by atoms with Gasteiger partial charge < -0.3 is 32.5 Å². The minimum Gasteiger partial charge on any atom is -0.465 e. The minimum absolute atomic E-state index is 0.167. The third-order valence-corrected chi connectivity index (χ3v) is 23.7. The average Bonchev–Trinajstić information content (AvgIpc) is 3.61. The summed E-state index contributed by atoms with van der Waals surface area (Å²) in [5, 5.41) is 4.12. The van der Waals surface area contributed by atoms with Gasteiger partial charge in [-0.1, -0.05) is 169 Å². The maximum absolute atomic E-state index is 12.8. The molecule has 3 fully saturated rings. The fraction of sp³-hybridized carbons (Fsp3) is 0.500. The van der Waals surface area contributed by atoms with Gasteiger partial charge in [0.2, 0.25) is 0 Å². The summed E-state index contributed by atoms with van der Waals surface area (Å²) in [6.45, 7) is 23.9. The van der Waals surface area contributed by atoms with E-state index in [1.54, 1.807) is 7.11 Å². The Labute approximate surface area is 385 Å². The summed E-state index contributed by atoms with van der Waals surface area (Å²) in [5.74, 6) is -0.218. The van der Waals surface area contributed by atoms with E-state index in [1.807, 2.05) is 26.8 Å². The van der Waals surface area contributed by atoms with Crippen LogP contribution in [0.2, 0.25) is 10.1 Å². The molecule has 4 aromatic rings. The van der Waals surface area contributed by atoms with Crippen LogP contribution < -0.4 is 20.7 Å². The van der Waals surface area contributed by atoms with E-state index in [0.29, 0.717) is 12.8 Å². The Morgan fingerprint density at radius 2 is 1.08 bits per heavy atom.